The Morgan fingerprint density at radius 2 is 2.28 bits per heavy atom. The van der Waals surface area contributed by atoms with E-state index in [-0.39, 0.29) is 5.91 Å². The molecule has 0 spiro atoms. The molecule has 0 unspecified atom stereocenters. The van der Waals surface area contributed by atoms with Crippen molar-refractivity contribution in [2.24, 2.45) is 11.8 Å². The second-order valence-corrected chi connectivity index (χ2v) is 5.25. The van der Waals surface area contributed by atoms with Gasteiger partial charge in [-0.25, -0.2) is 0 Å². The molecule has 0 saturated carbocycles. The van der Waals surface area contributed by atoms with E-state index in [4.69, 9.17) is 4.52 Å². The smallest absolute Gasteiger partial charge is 0.240 e. The van der Waals surface area contributed by atoms with Gasteiger partial charge in [0.2, 0.25) is 11.8 Å². The first-order chi connectivity index (χ1) is 8.70. The average Bonchev–Trinajstić information content (AvgIpc) is 2.94. The Morgan fingerprint density at radius 1 is 1.56 bits per heavy atom. The van der Waals surface area contributed by atoms with E-state index < -0.39 is 0 Å². The lowest BCUT2D eigenvalue weighted by atomic mass is 10.0. The lowest BCUT2D eigenvalue weighted by Crippen LogP contribution is -2.33. The van der Waals surface area contributed by atoms with Crippen molar-refractivity contribution in [2.75, 3.05) is 38.0 Å². The second kappa shape index (κ2) is 4.70. The highest BCUT2D eigenvalue weighted by atomic mass is 16.5. The first-order valence-electron chi connectivity index (χ1n) is 6.37. The van der Waals surface area contributed by atoms with Crippen LogP contribution in [0.1, 0.15) is 5.69 Å². The third-order valence-electron chi connectivity index (χ3n) is 3.72. The van der Waals surface area contributed by atoms with Gasteiger partial charge in [-0.1, -0.05) is 5.16 Å². The van der Waals surface area contributed by atoms with Crippen molar-refractivity contribution in [1.82, 2.24) is 15.4 Å². The minimum Gasteiger partial charge on any atom is -0.338 e. The van der Waals surface area contributed by atoms with E-state index in [1.165, 1.54) is 0 Å². The van der Waals surface area contributed by atoms with Gasteiger partial charge in [0, 0.05) is 19.2 Å². The molecule has 3 heterocycles. The van der Waals surface area contributed by atoms with Crippen molar-refractivity contribution in [3.63, 3.8) is 0 Å². The molecule has 1 aromatic heterocycles. The zero-order chi connectivity index (χ0) is 12.5. The standard InChI is InChI=1S/C12H18N4O2/c1-8-2-12(18-15-8)14-11(17)7-16-5-9-3-13-4-10(9)6-16/h2,9-10,13H,3-7H2,1H3,(H,14,17)/t9-,10+. The lowest BCUT2D eigenvalue weighted by molar-refractivity contribution is -0.117. The van der Waals surface area contributed by atoms with Crippen LogP contribution in [0, 0.1) is 18.8 Å². The van der Waals surface area contributed by atoms with Gasteiger partial charge in [0.25, 0.3) is 0 Å². The summed E-state index contributed by atoms with van der Waals surface area (Å²) < 4.78 is 4.96. The number of carbonyl (C=O) groups excluding carboxylic acids is 1. The number of anilines is 1. The first kappa shape index (κ1) is 11.7. The van der Waals surface area contributed by atoms with Crippen molar-refractivity contribution >= 4 is 11.8 Å². The zero-order valence-electron chi connectivity index (χ0n) is 10.5. The van der Waals surface area contributed by atoms with Crippen molar-refractivity contribution in [3.05, 3.63) is 11.8 Å². The second-order valence-electron chi connectivity index (χ2n) is 5.25. The van der Waals surface area contributed by atoms with E-state index >= 15 is 0 Å². The van der Waals surface area contributed by atoms with Gasteiger partial charge in [-0.05, 0) is 31.8 Å². The van der Waals surface area contributed by atoms with Gasteiger partial charge in [0.05, 0.1) is 12.2 Å². The van der Waals surface area contributed by atoms with Crippen molar-refractivity contribution in [3.8, 4) is 0 Å². The fourth-order valence-electron chi connectivity index (χ4n) is 2.88. The molecule has 0 aromatic carbocycles. The number of hydrogen-bond acceptors (Lipinski definition) is 5. The van der Waals surface area contributed by atoms with E-state index in [1.807, 2.05) is 6.92 Å². The number of fused-ring (bicyclic) bond motifs is 1. The van der Waals surface area contributed by atoms with Crippen LogP contribution in [0.4, 0.5) is 5.88 Å². The summed E-state index contributed by atoms with van der Waals surface area (Å²) in [6.45, 7) is 6.47. The Bertz CT molecular complexity index is 433. The fraction of sp³-hybridized carbons (Fsp3) is 0.667. The third-order valence-corrected chi connectivity index (χ3v) is 3.72. The molecule has 2 fully saturated rings. The number of rotatable bonds is 3. The normalized spacial score (nSPS) is 27.4. The molecule has 18 heavy (non-hydrogen) atoms. The monoisotopic (exact) mass is 250 g/mol. The lowest BCUT2D eigenvalue weighted by Gasteiger charge is -2.15. The van der Waals surface area contributed by atoms with Crippen LogP contribution in [0.15, 0.2) is 10.6 Å². The summed E-state index contributed by atoms with van der Waals surface area (Å²) in [5.74, 6) is 1.83. The minimum atomic E-state index is -0.0286. The van der Waals surface area contributed by atoms with Gasteiger partial charge < -0.3 is 9.84 Å². The third kappa shape index (κ3) is 2.39. The van der Waals surface area contributed by atoms with Crippen LogP contribution < -0.4 is 10.6 Å². The highest BCUT2D eigenvalue weighted by Crippen LogP contribution is 2.25. The molecule has 0 radical (unpaired) electrons. The number of aryl methyl sites for hydroxylation is 1. The quantitative estimate of drug-likeness (QED) is 0.794. The van der Waals surface area contributed by atoms with Gasteiger partial charge >= 0.3 is 0 Å². The molecule has 3 rings (SSSR count). The average molecular weight is 250 g/mol. The maximum Gasteiger partial charge on any atom is 0.240 e. The summed E-state index contributed by atoms with van der Waals surface area (Å²) in [5, 5.41) is 9.86. The SMILES string of the molecule is Cc1cc(NC(=O)CN2C[C@H]3CNC[C@H]3C2)on1. The molecule has 6 nitrogen and oxygen atoms in total. The van der Waals surface area contributed by atoms with E-state index in [1.54, 1.807) is 6.07 Å². The predicted octanol–water partition coefficient (Wildman–Crippen LogP) is 0.0727. The number of carbonyl (C=O) groups is 1. The number of aromatic nitrogens is 1. The number of nitrogens with one attached hydrogen (secondary N) is 2. The molecule has 0 bridgehead atoms. The van der Waals surface area contributed by atoms with Gasteiger partial charge in [-0.15, -0.1) is 0 Å². The molecule has 2 aliphatic heterocycles. The molecular weight excluding hydrogens is 232 g/mol. The Morgan fingerprint density at radius 3 is 2.89 bits per heavy atom. The number of likely N-dealkylation sites (tertiary alicyclic amines) is 1. The van der Waals surface area contributed by atoms with Crippen molar-refractivity contribution in [1.29, 1.82) is 0 Å². The minimum absolute atomic E-state index is 0.0286. The van der Waals surface area contributed by atoms with Gasteiger partial charge in [0.15, 0.2) is 0 Å². The molecule has 2 saturated heterocycles. The number of amides is 1. The molecule has 1 aromatic rings. The Kier molecular flexibility index (Phi) is 3.05. The Labute approximate surface area is 106 Å². The first-order valence-corrected chi connectivity index (χ1v) is 6.37. The molecular formula is C12H18N4O2. The molecule has 98 valence electrons. The summed E-state index contributed by atoms with van der Waals surface area (Å²) in [6.07, 6.45) is 0. The molecule has 2 aliphatic rings. The van der Waals surface area contributed by atoms with Crippen LogP contribution in [0.2, 0.25) is 0 Å². The highest BCUT2D eigenvalue weighted by Gasteiger charge is 2.36. The summed E-state index contributed by atoms with van der Waals surface area (Å²) in [6, 6.07) is 1.72. The molecule has 1 amide bonds. The largest absolute Gasteiger partial charge is 0.338 e. The van der Waals surface area contributed by atoms with E-state index in [9.17, 15) is 4.79 Å². The van der Waals surface area contributed by atoms with Crippen LogP contribution in [0.3, 0.4) is 0 Å². The maximum absolute atomic E-state index is 11.8. The van der Waals surface area contributed by atoms with Crippen molar-refractivity contribution in [2.45, 2.75) is 6.92 Å². The zero-order valence-corrected chi connectivity index (χ0v) is 10.5. The Balaban J connectivity index is 1.50. The number of hydrogen-bond donors (Lipinski definition) is 2. The van der Waals surface area contributed by atoms with E-state index in [0.717, 1.165) is 31.9 Å². The predicted molar refractivity (Wildman–Crippen MR) is 66.2 cm³/mol. The Hall–Kier alpha value is -1.40. The maximum atomic E-state index is 11.8. The van der Waals surface area contributed by atoms with Crippen LogP contribution in [0.5, 0.6) is 0 Å². The highest BCUT2D eigenvalue weighted by molar-refractivity contribution is 5.90. The fourth-order valence-corrected chi connectivity index (χ4v) is 2.88. The molecule has 2 atom stereocenters. The number of nitrogens with zero attached hydrogens (tertiary/aromatic N) is 2. The summed E-state index contributed by atoms with van der Waals surface area (Å²) in [5.41, 5.74) is 0.770. The van der Waals surface area contributed by atoms with Gasteiger partial charge in [-0.2, -0.15) is 0 Å². The molecule has 0 aliphatic carbocycles. The van der Waals surface area contributed by atoms with Gasteiger partial charge in [0.1, 0.15) is 0 Å². The summed E-state index contributed by atoms with van der Waals surface area (Å²) >= 11 is 0. The van der Waals surface area contributed by atoms with E-state index in [0.29, 0.717) is 24.3 Å². The summed E-state index contributed by atoms with van der Waals surface area (Å²) in [7, 11) is 0. The molecule has 6 heteroatoms. The van der Waals surface area contributed by atoms with E-state index in [2.05, 4.69) is 20.7 Å². The summed E-state index contributed by atoms with van der Waals surface area (Å²) in [4.78, 5) is 14.1. The molecule has 2 N–H and O–H groups in total. The topological polar surface area (TPSA) is 70.4 Å². The van der Waals surface area contributed by atoms with Crippen molar-refractivity contribution < 1.29 is 9.32 Å². The van der Waals surface area contributed by atoms with Crippen LogP contribution in [0.25, 0.3) is 0 Å². The van der Waals surface area contributed by atoms with Crippen LogP contribution >= 0.6 is 0 Å². The van der Waals surface area contributed by atoms with Crippen LogP contribution in [-0.2, 0) is 4.79 Å². The van der Waals surface area contributed by atoms with Gasteiger partial charge in [-0.3, -0.25) is 15.0 Å². The van der Waals surface area contributed by atoms with Crippen LogP contribution in [-0.4, -0.2) is 48.7 Å².